The number of nitrogens with zero attached hydrogens (tertiary/aromatic N) is 3. The third-order valence-electron chi connectivity index (χ3n) is 2.62. The number of benzene rings is 1. The average Bonchev–Trinajstić information content (AvgIpc) is 2.44. The molecule has 0 unspecified atom stereocenters. The predicted molar refractivity (Wildman–Crippen MR) is 72.2 cm³/mol. The topological polar surface area (TPSA) is 58.8 Å². The van der Waals surface area contributed by atoms with Gasteiger partial charge in [0.2, 0.25) is 5.88 Å². The van der Waals surface area contributed by atoms with Crippen molar-refractivity contribution in [2.45, 2.75) is 19.8 Å². The first-order valence-corrected chi connectivity index (χ1v) is 6.40. The third-order valence-corrected chi connectivity index (χ3v) is 2.95. The molecule has 1 aromatic heterocycles. The Labute approximate surface area is 120 Å². The van der Waals surface area contributed by atoms with E-state index in [4.69, 9.17) is 21.6 Å². The van der Waals surface area contributed by atoms with E-state index in [2.05, 4.69) is 9.97 Å². The smallest absolute Gasteiger partial charge is 0.227 e. The number of hydrogen-bond donors (Lipinski definition) is 0. The molecule has 1 aromatic carbocycles. The molecule has 0 aliphatic rings. The highest BCUT2D eigenvalue weighted by atomic mass is 35.5. The van der Waals surface area contributed by atoms with E-state index < -0.39 is 5.82 Å². The summed E-state index contributed by atoms with van der Waals surface area (Å²) in [6.07, 6.45) is 2.73. The monoisotopic (exact) mass is 291 g/mol. The number of rotatable bonds is 4. The van der Waals surface area contributed by atoms with Crippen LogP contribution in [0.4, 0.5) is 4.39 Å². The van der Waals surface area contributed by atoms with Crippen LogP contribution in [0.1, 0.15) is 24.5 Å². The highest BCUT2D eigenvalue weighted by Crippen LogP contribution is 2.29. The Balaban J connectivity index is 2.35. The van der Waals surface area contributed by atoms with Crippen molar-refractivity contribution in [2.75, 3.05) is 0 Å². The first-order chi connectivity index (χ1) is 9.65. The summed E-state index contributed by atoms with van der Waals surface area (Å²) in [5.41, 5.74) is 0.866. The maximum atomic E-state index is 13.8. The maximum Gasteiger partial charge on any atom is 0.227 e. The molecule has 102 valence electrons. The van der Waals surface area contributed by atoms with Gasteiger partial charge in [0.1, 0.15) is 11.5 Å². The van der Waals surface area contributed by atoms with Crippen molar-refractivity contribution in [3.05, 3.63) is 46.6 Å². The maximum absolute atomic E-state index is 13.8. The van der Waals surface area contributed by atoms with Crippen molar-refractivity contribution in [2.24, 2.45) is 0 Å². The molecule has 0 amide bonds. The summed E-state index contributed by atoms with van der Waals surface area (Å²) in [6, 6.07) is 5.83. The van der Waals surface area contributed by atoms with Crippen LogP contribution in [0.2, 0.25) is 5.15 Å². The highest BCUT2D eigenvalue weighted by Gasteiger charge is 2.13. The molecule has 4 nitrogen and oxygen atoms in total. The molecule has 0 bridgehead atoms. The Morgan fingerprint density at radius 2 is 2.20 bits per heavy atom. The van der Waals surface area contributed by atoms with E-state index in [-0.39, 0.29) is 17.2 Å². The fourth-order valence-electron chi connectivity index (χ4n) is 1.68. The van der Waals surface area contributed by atoms with Gasteiger partial charge in [0.05, 0.1) is 17.2 Å². The molecule has 2 aromatic rings. The van der Waals surface area contributed by atoms with Gasteiger partial charge in [-0.3, -0.25) is 0 Å². The summed E-state index contributed by atoms with van der Waals surface area (Å²) in [5, 5.41) is 8.99. The van der Waals surface area contributed by atoms with Crippen molar-refractivity contribution in [3.8, 4) is 17.7 Å². The molecule has 0 atom stereocenters. The van der Waals surface area contributed by atoms with Gasteiger partial charge in [-0.1, -0.05) is 24.9 Å². The lowest BCUT2D eigenvalue weighted by Gasteiger charge is -2.10. The summed E-state index contributed by atoms with van der Waals surface area (Å²) in [6.45, 7) is 1.98. The lowest BCUT2D eigenvalue weighted by molar-refractivity contribution is 0.421. The first-order valence-electron chi connectivity index (χ1n) is 6.02. The number of halogens is 2. The van der Waals surface area contributed by atoms with E-state index in [1.807, 2.05) is 13.0 Å². The number of hydrogen-bond acceptors (Lipinski definition) is 4. The van der Waals surface area contributed by atoms with Gasteiger partial charge in [0, 0.05) is 0 Å². The van der Waals surface area contributed by atoms with Crippen molar-refractivity contribution in [1.29, 1.82) is 5.26 Å². The Morgan fingerprint density at radius 1 is 1.40 bits per heavy atom. The minimum Gasteiger partial charge on any atom is -0.435 e. The summed E-state index contributed by atoms with van der Waals surface area (Å²) in [4.78, 5) is 7.87. The molecule has 0 aliphatic heterocycles. The Morgan fingerprint density at radius 3 is 2.85 bits per heavy atom. The Bertz CT molecular complexity index is 670. The van der Waals surface area contributed by atoms with Crippen LogP contribution in [0, 0.1) is 17.1 Å². The van der Waals surface area contributed by atoms with Gasteiger partial charge in [0.25, 0.3) is 0 Å². The van der Waals surface area contributed by atoms with Gasteiger partial charge >= 0.3 is 0 Å². The molecule has 0 saturated carbocycles. The number of aromatic nitrogens is 2. The van der Waals surface area contributed by atoms with E-state index in [0.717, 1.165) is 12.5 Å². The summed E-state index contributed by atoms with van der Waals surface area (Å²) in [5.74, 6) is -0.396. The molecule has 6 heteroatoms. The molecule has 2 rings (SSSR count). The normalized spacial score (nSPS) is 10.1. The second-order valence-corrected chi connectivity index (χ2v) is 4.42. The van der Waals surface area contributed by atoms with Gasteiger partial charge in [0.15, 0.2) is 11.6 Å². The molecule has 0 saturated heterocycles. The molecule has 0 N–H and O–H groups in total. The number of ether oxygens (including phenoxy) is 1. The van der Waals surface area contributed by atoms with E-state index in [0.29, 0.717) is 17.1 Å². The van der Waals surface area contributed by atoms with Crippen LogP contribution in [0.25, 0.3) is 0 Å². The van der Waals surface area contributed by atoms with Crippen LogP contribution in [0.3, 0.4) is 0 Å². The Kier molecular flexibility index (Phi) is 4.49. The average molecular weight is 292 g/mol. The fraction of sp³-hybridized carbons (Fsp3) is 0.214. The largest absolute Gasteiger partial charge is 0.435 e. The second-order valence-electron chi connectivity index (χ2n) is 4.06. The zero-order valence-corrected chi connectivity index (χ0v) is 11.5. The SMILES string of the molecule is CCCc1c(Cl)ncnc1Oc1ccc(C#N)cc1F. The van der Waals surface area contributed by atoms with Crippen LogP contribution < -0.4 is 4.74 Å². The minimum absolute atomic E-state index is 0.00359. The number of nitriles is 1. The van der Waals surface area contributed by atoms with E-state index in [1.54, 1.807) is 0 Å². The molecule has 1 heterocycles. The van der Waals surface area contributed by atoms with E-state index in [9.17, 15) is 4.39 Å². The minimum atomic E-state index is -0.624. The highest BCUT2D eigenvalue weighted by molar-refractivity contribution is 6.30. The molecule has 0 spiro atoms. The third kappa shape index (κ3) is 3.03. The van der Waals surface area contributed by atoms with Crippen LogP contribution in [-0.4, -0.2) is 9.97 Å². The first kappa shape index (κ1) is 14.2. The molecule has 0 radical (unpaired) electrons. The van der Waals surface area contributed by atoms with Crippen LogP contribution in [0.15, 0.2) is 24.5 Å². The molecular formula is C14H11ClFN3O. The van der Waals surface area contributed by atoms with Gasteiger partial charge in [-0.25, -0.2) is 14.4 Å². The Hall–Kier alpha value is -2.19. The molecule has 0 aliphatic carbocycles. The van der Waals surface area contributed by atoms with Crippen molar-refractivity contribution in [1.82, 2.24) is 9.97 Å². The second kappa shape index (κ2) is 6.31. The molecular weight excluding hydrogens is 281 g/mol. The van der Waals surface area contributed by atoms with Crippen LogP contribution in [-0.2, 0) is 6.42 Å². The van der Waals surface area contributed by atoms with Crippen molar-refractivity contribution in [3.63, 3.8) is 0 Å². The fourth-order valence-corrected chi connectivity index (χ4v) is 1.90. The molecule has 20 heavy (non-hydrogen) atoms. The van der Waals surface area contributed by atoms with Gasteiger partial charge in [-0.15, -0.1) is 0 Å². The molecule has 0 fully saturated rings. The van der Waals surface area contributed by atoms with Crippen LogP contribution >= 0.6 is 11.6 Å². The summed E-state index contributed by atoms with van der Waals surface area (Å²) >= 11 is 5.99. The predicted octanol–water partition coefficient (Wildman–Crippen LogP) is 3.89. The van der Waals surface area contributed by atoms with E-state index >= 15 is 0 Å². The van der Waals surface area contributed by atoms with Gasteiger partial charge < -0.3 is 4.74 Å². The lowest BCUT2D eigenvalue weighted by atomic mass is 10.2. The standard InChI is InChI=1S/C14H11ClFN3O/c1-2-3-10-13(15)18-8-19-14(10)20-12-5-4-9(7-17)6-11(12)16/h4-6,8H,2-3H2,1H3. The van der Waals surface area contributed by atoms with Crippen molar-refractivity contribution < 1.29 is 9.13 Å². The zero-order chi connectivity index (χ0) is 14.5. The quantitative estimate of drug-likeness (QED) is 0.802. The summed E-state index contributed by atoms with van der Waals surface area (Å²) < 4.78 is 19.2. The van der Waals surface area contributed by atoms with Crippen LogP contribution in [0.5, 0.6) is 11.6 Å². The lowest BCUT2D eigenvalue weighted by Crippen LogP contribution is -1.99. The van der Waals surface area contributed by atoms with Gasteiger partial charge in [-0.2, -0.15) is 5.26 Å². The van der Waals surface area contributed by atoms with E-state index in [1.165, 1.54) is 18.5 Å². The van der Waals surface area contributed by atoms with Crippen molar-refractivity contribution >= 4 is 11.6 Å². The zero-order valence-electron chi connectivity index (χ0n) is 10.7. The van der Waals surface area contributed by atoms with Gasteiger partial charge in [-0.05, 0) is 24.6 Å². The summed E-state index contributed by atoms with van der Waals surface area (Å²) in [7, 11) is 0.